The highest BCUT2D eigenvalue weighted by Crippen LogP contribution is 2.05. The van der Waals surface area contributed by atoms with E-state index in [2.05, 4.69) is 10.4 Å². The molecule has 19 heavy (non-hydrogen) atoms. The van der Waals surface area contributed by atoms with Crippen molar-refractivity contribution >= 4 is 11.9 Å². The average molecular weight is 259 g/mol. The van der Waals surface area contributed by atoms with Gasteiger partial charge in [0, 0.05) is 18.9 Å². The molecule has 6 heteroatoms. The largest absolute Gasteiger partial charge is 0.478 e. The molecular formula is C13H13N3O3. The highest BCUT2D eigenvalue weighted by atomic mass is 16.4. The zero-order valence-corrected chi connectivity index (χ0v) is 10.1. The van der Waals surface area contributed by atoms with E-state index in [9.17, 15) is 9.59 Å². The van der Waals surface area contributed by atoms with Crippen molar-refractivity contribution < 1.29 is 14.7 Å². The Morgan fingerprint density at radius 1 is 1.32 bits per heavy atom. The van der Waals surface area contributed by atoms with Crippen molar-refractivity contribution in [1.29, 1.82) is 0 Å². The molecule has 0 bridgehead atoms. The molecular weight excluding hydrogens is 246 g/mol. The lowest BCUT2D eigenvalue weighted by molar-refractivity contribution is -0.122. The first kappa shape index (κ1) is 12.8. The molecule has 0 radical (unpaired) electrons. The van der Waals surface area contributed by atoms with E-state index in [1.54, 1.807) is 30.6 Å². The Bertz CT molecular complexity index is 579. The van der Waals surface area contributed by atoms with Gasteiger partial charge in [0.25, 0.3) is 0 Å². The number of rotatable bonds is 5. The number of nitrogens with one attached hydrogen (secondary N) is 1. The topological polar surface area (TPSA) is 84.2 Å². The third kappa shape index (κ3) is 3.67. The van der Waals surface area contributed by atoms with Gasteiger partial charge in [-0.15, -0.1) is 0 Å². The van der Waals surface area contributed by atoms with Gasteiger partial charge >= 0.3 is 5.97 Å². The number of hydrogen-bond donors (Lipinski definition) is 2. The van der Waals surface area contributed by atoms with Crippen molar-refractivity contribution in [3.05, 3.63) is 53.9 Å². The second-order valence-corrected chi connectivity index (χ2v) is 3.99. The van der Waals surface area contributed by atoms with E-state index in [0.29, 0.717) is 6.54 Å². The first-order valence-corrected chi connectivity index (χ1v) is 5.71. The number of benzene rings is 1. The predicted octanol–water partition coefficient (Wildman–Crippen LogP) is 0.898. The van der Waals surface area contributed by atoms with E-state index >= 15 is 0 Å². The van der Waals surface area contributed by atoms with Crippen molar-refractivity contribution in [3.8, 4) is 0 Å². The zero-order chi connectivity index (χ0) is 13.7. The molecule has 0 fully saturated rings. The lowest BCUT2D eigenvalue weighted by Gasteiger charge is -2.06. The third-order valence-corrected chi connectivity index (χ3v) is 2.53. The summed E-state index contributed by atoms with van der Waals surface area (Å²) in [7, 11) is 0. The zero-order valence-electron chi connectivity index (χ0n) is 10.1. The highest BCUT2D eigenvalue weighted by Gasteiger charge is 2.05. The fraction of sp³-hybridized carbons (Fsp3) is 0.154. The Morgan fingerprint density at radius 2 is 2.16 bits per heavy atom. The normalized spacial score (nSPS) is 10.1. The molecule has 0 saturated heterocycles. The van der Waals surface area contributed by atoms with Crippen LogP contribution in [0.25, 0.3) is 0 Å². The van der Waals surface area contributed by atoms with E-state index in [1.807, 2.05) is 0 Å². The Morgan fingerprint density at radius 3 is 2.84 bits per heavy atom. The Balaban J connectivity index is 1.89. The van der Waals surface area contributed by atoms with Crippen LogP contribution < -0.4 is 5.32 Å². The van der Waals surface area contributed by atoms with Gasteiger partial charge in [0.15, 0.2) is 0 Å². The summed E-state index contributed by atoms with van der Waals surface area (Å²) in [5.41, 5.74) is 0.951. The Hall–Kier alpha value is -2.63. The molecule has 0 aliphatic heterocycles. The van der Waals surface area contributed by atoms with Gasteiger partial charge in [-0.3, -0.25) is 9.48 Å². The van der Waals surface area contributed by atoms with Gasteiger partial charge in [-0.25, -0.2) is 4.79 Å². The average Bonchev–Trinajstić information content (AvgIpc) is 2.89. The molecule has 1 heterocycles. The number of carbonyl (C=O) groups excluding carboxylic acids is 1. The second kappa shape index (κ2) is 5.81. The number of aromatic carboxylic acids is 1. The number of amides is 1. The minimum Gasteiger partial charge on any atom is -0.478 e. The molecule has 0 unspecified atom stereocenters. The van der Waals surface area contributed by atoms with Gasteiger partial charge in [0.2, 0.25) is 5.91 Å². The molecule has 0 saturated carbocycles. The third-order valence-electron chi connectivity index (χ3n) is 2.53. The van der Waals surface area contributed by atoms with Crippen LogP contribution in [0.5, 0.6) is 0 Å². The summed E-state index contributed by atoms with van der Waals surface area (Å²) in [6.07, 6.45) is 3.30. The van der Waals surface area contributed by atoms with E-state index < -0.39 is 5.97 Å². The van der Waals surface area contributed by atoms with Gasteiger partial charge in [0.1, 0.15) is 6.54 Å². The summed E-state index contributed by atoms with van der Waals surface area (Å²) in [6, 6.07) is 8.20. The van der Waals surface area contributed by atoms with Gasteiger partial charge in [-0.2, -0.15) is 5.10 Å². The minimum absolute atomic E-state index is 0.144. The van der Waals surface area contributed by atoms with E-state index in [4.69, 9.17) is 5.11 Å². The number of hydrogen-bond acceptors (Lipinski definition) is 3. The number of carbonyl (C=O) groups is 2. The molecule has 2 aromatic rings. The van der Waals surface area contributed by atoms with E-state index in [-0.39, 0.29) is 18.0 Å². The van der Waals surface area contributed by atoms with Gasteiger partial charge < -0.3 is 10.4 Å². The smallest absolute Gasteiger partial charge is 0.335 e. The van der Waals surface area contributed by atoms with Crippen LogP contribution in [0.1, 0.15) is 15.9 Å². The van der Waals surface area contributed by atoms with Crippen molar-refractivity contribution in [3.63, 3.8) is 0 Å². The van der Waals surface area contributed by atoms with Crippen molar-refractivity contribution in [2.24, 2.45) is 0 Å². The first-order chi connectivity index (χ1) is 9.15. The highest BCUT2D eigenvalue weighted by molar-refractivity contribution is 5.87. The molecule has 1 amide bonds. The molecule has 0 spiro atoms. The number of carboxylic acids is 1. The van der Waals surface area contributed by atoms with Gasteiger partial charge in [0.05, 0.1) is 5.56 Å². The molecule has 0 atom stereocenters. The molecule has 1 aromatic heterocycles. The minimum atomic E-state index is -0.982. The molecule has 0 aliphatic carbocycles. The second-order valence-electron chi connectivity index (χ2n) is 3.99. The fourth-order valence-corrected chi connectivity index (χ4v) is 1.61. The quantitative estimate of drug-likeness (QED) is 0.835. The van der Waals surface area contributed by atoms with Crippen LogP contribution >= 0.6 is 0 Å². The SMILES string of the molecule is O=C(Cn1cccn1)NCc1cccc(C(=O)O)c1. The van der Waals surface area contributed by atoms with Crippen LogP contribution in [0.4, 0.5) is 0 Å². The summed E-state index contributed by atoms with van der Waals surface area (Å²) in [5, 5.41) is 15.5. The number of carboxylic acid groups (broad SMARTS) is 1. The molecule has 2 N–H and O–H groups in total. The molecule has 2 rings (SSSR count). The maximum absolute atomic E-state index is 11.6. The van der Waals surface area contributed by atoms with Crippen LogP contribution in [0.15, 0.2) is 42.7 Å². The van der Waals surface area contributed by atoms with Crippen LogP contribution in [-0.2, 0) is 17.9 Å². The Kier molecular flexibility index (Phi) is 3.92. The lowest BCUT2D eigenvalue weighted by Crippen LogP contribution is -2.27. The predicted molar refractivity (Wildman–Crippen MR) is 67.5 cm³/mol. The first-order valence-electron chi connectivity index (χ1n) is 5.71. The summed E-state index contributed by atoms with van der Waals surface area (Å²) in [4.78, 5) is 22.4. The van der Waals surface area contributed by atoms with Gasteiger partial charge in [-0.1, -0.05) is 12.1 Å². The molecule has 6 nitrogen and oxygen atoms in total. The summed E-state index contributed by atoms with van der Waals surface area (Å²) in [5.74, 6) is -1.16. The summed E-state index contributed by atoms with van der Waals surface area (Å²) >= 11 is 0. The lowest BCUT2D eigenvalue weighted by atomic mass is 10.1. The number of nitrogens with zero attached hydrogens (tertiary/aromatic N) is 2. The summed E-state index contributed by atoms with van der Waals surface area (Å²) in [6.45, 7) is 0.437. The van der Waals surface area contributed by atoms with Crippen LogP contribution in [-0.4, -0.2) is 26.8 Å². The maximum Gasteiger partial charge on any atom is 0.335 e. The van der Waals surface area contributed by atoms with Crippen LogP contribution in [0, 0.1) is 0 Å². The Labute approximate surface area is 109 Å². The molecule has 1 aromatic carbocycles. The standard InChI is InChI=1S/C13H13N3O3/c17-12(9-16-6-2-5-15-16)14-8-10-3-1-4-11(7-10)13(18)19/h1-7H,8-9H2,(H,14,17)(H,18,19). The van der Waals surface area contributed by atoms with Crippen LogP contribution in [0.2, 0.25) is 0 Å². The van der Waals surface area contributed by atoms with Crippen molar-refractivity contribution in [2.45, 2.75) is 13.1 Å². The van der Waals surface area contributed by atoms with Crippen molar-refractivity contribution in [2.75, 3.05) is 0 Å². The summed E-state index contributed by atoms with van der Waals surface area (Å²) < 4.78 is 1.52. The van der Waals surface area contributed by atoms with E-state index in [1.165, 1.54) is 16.8 Å². The maximum atomic E-state index is 11.6. The van der Waals surface area contributed by atoms with Crippen molar-refractivity contribution in [1.82, 2.24) is 15.1 Å². The monoisotopic (exact) mass is 259 g/mol. The molecule has 0 aliphatic rings. The van der Waals surface area contributed by atoms with Gasteiger partial charge in [-0.05, 0) is 23.8 Å². The number of aromatic nitrogens is 2. The van der Waals surface area contributed by atoms with E-state index in [0.717, 1.165) is 5.56 Å². The molecule has 98 valence electrons. The fourth-order valence-electron chi connectivity index (χ4n) is 1.61. The van der Waals surface area contributed by atoms with Crippen LogP contribution in [0.3, 0.4) is 0 Å².